The molecular formula is C13H11NO2S. The zero-order valence-electron chi connectivity index (χ0n) is 9.00. The van der Waals surface area contributed by atoms with Crippen molar-refractivity contribution in [3.05, 3.63) is 65.7 Å². The van der Waals surface area contributed by atoms with Crippen LogP contribution in [0.1, 0.15) is 17.2 Å². The molecule has 0 aliphatic carbocycles. The van der Waals surface area contributed by atoms with Crippen molar-refractivity contribution in [1.82, 2.24) is 4.72 Å². The van der Waals surface area contributed by atoms with Crippen molar-refractivity contribution in [3.63, 3.8) is 0 Å². The molecule has 2 aromatic carbocycles. The smallest absolute Gasteiger partial charge is 0.207 e. The van der Waals surface area contributed by atoms with Gasteiger partial charge in [-0.15, -0.1) is 0 Å². The fourth-order valence-electron chi connectivity index (χ4n) is 2.14. The molecule has 0 spiro atoms. The van der Waals surface area contributed by atoms with Crippen LogP contribution >= 0.6 is 0 Å². The first-order valence-corrected chi connectivity index (χ1v) is 6.83. The Balaban J connectivity index is 2.19. The molecule has 0 amide bonds. The van der Waals surface area contributed by atoms with E-state index in [9.17, 15) is 8.42 Å². The summed E-state index contributed by atoms with van der Waals surface area (Å²) in [5, 5.41) is 0. The van der Waals surface area contributed by atoms with Crippen LogP contribution in [0.25, 0.3) is 0 Å². The molecule has 0 unspecified atom stereocenters. The molecule has 0 saturated heterocycles. The Bertz CT molecular complexity index is 650. The number of sulfonamides is 1. The van der Waals surface area contributed by atoms with Crippen LogP contribution in [0.15, 0.2) is 59.5 Å². The third-order valence-electron chi connectivity index (χ3n) is 2.93. The minimum Gasteiger partial charge on any atom is -0.207 e. The van der Waals surface area contributed by atoms with Crippen molar-refractivity contribution < 1.29 is 8.42 Å². The number of hydrogen-bond donors (Lipinski definition) is 1. The molecule has 1 atom stereocenters. The SMILES string of the molecule is O=S1(=O)N[C@H](c2ccccc2)c2ccccc21. The molecule has 1 aliphatic heterocycles. The van der Waals surface area contributed by atoms with Crippen LogP contribution < -0.4 is 4.72 Å². The Morgan fingerprint density at radius 1 is 0.882 bits per heavy atom. The molecule has 86 valence electrons. The lowest BCUT2D eigenvalue weighted by molar-refractivity contribution is 0.585. The summed E-state index contributed by atoms with van der Waals surface area (Å²) in [5.41, 5.74) is 1.78. The van der Waals surface area contributed by atoms with E-state index in [0.717, 1.165) is 11.1 Å². The zero-order valence-corrected chi connectivity index (χ0v) is 9.81. The molecule has 0 fully saturated rings. The van der Waals surface area contributed by atoms with E-state index in [1.165, 1.54) is 0 Å². The van der Waals surface area contributed by atoms with E-state index in [1.54, 1.807) is 12.1 Å². The van der Waals surface area contributed by atoms with Gasteiger partial charge in [0.1, 0.15) is 0 Å². The van der Waals surface area contributed by atoms with Crippen molar-refractivity contribution in [2.75, 3.05) is 0 Å². The van der Waals surface area contributed by atoms with E-state index in [4.69, 9.17) is 0 Å². The minimum absolute atomic E-state index is 0.266. The molecule has 1 N–H and O–H groups in total. The molecule has 2 aromatic rings. The van der Waals surface area contributed by atoms with Gasteiger partial charge in [0.25, 0.3) is 0 Å². The van der Waals surface area contributed by atoms with Gasteiger partial charge in [0.2, 0.25) is 10.0 Å². The summed E-state index contributed by atoms with van der Waals surface area (Å²) >= 11 is 0. The normalized spacial score (nSPS) is 21.1. The first kappa shape index (κ1) is 10.5. The van der Waals surface area contributed by atoms with Gasteiger partial charge in [0, 0.05) is 0 Å². The topological polar surface area (TPSA) is 46.2 Å². The van der Waals surface area contributed by atoms with Crippen LogP contribution in [0.3, 0.4) is 0 Å². The van der Waals surface area contributed by atoms with Gasteiger partial charge in [-0.3, -0.25) is 0 Å². The lowest BCUT2D eigenvalue weighted by atomic mass is 10.00. The first-order chi connectivity index (χ1) is 8.18. The van der Waals surface area contributed by atoms with Crippen molar-refractivity contribution in [3.8, 4) is 0 Å². The fourth-order valence-corrected chi connectivity index (χ4v) is 3.59. The lowest BCUT2D eigenvalue weighted by Crippen LogP contribution is -2.20. The highest BCUT2D eigenvalue weighted by molar-refractivity contribution is 7.89. The number of rotatable bonds is 1. The third kappa shape index (κ3) is 1.66. The second-order valence-electron chi connectivity index (χ2n) is 4.00. The van der Waals surface area contributed by atoms with Gasteiger partial charge in [0.05, 0.1) is 10.9 Å². The van der Waals surface area contributed by atoms with Gasteiger partial charge in [-0.25, -0.2) is 8.42 Å². The summed E-state index contributed by atoms with van der Waals surface area (Å²) in [6, 6.07) is 16.4. The Morgan fingerprint density at radius 3 is 2.29 bits per heavy atom. The van der Waals surface area contributed by atoms with Gasteiger partial charge in [-0.2, -0.15) is 4.72 Å². The molecule has 3 rings (SSSR count). The van der Waals surface area contributed by atoms with E-state index in [0.29, 0.717) is 4.90 Å². The maximum Gasteiger partial charge on any atom is 0.241 e. The molecule has 0 bridgehead atoms. The predicted molar refractivity (Wildman–Crippen MR) is 65.0 cm³/mol. The van der Waals surface area contributed by atoms with Crippen LogP contribution in [0, 0.1) is 0 Å². The van der Waals surface area contributed by atoms with Crippen LogP contribution in [0.4, 0.5) is 0 Å². The molecule has 3 nitrogen and oxygen atoms in total. The zero-order chi connectivity index (χ0) is 11.9. The van der Waals surface area contributed by atoms with Crippen molar-refractivity contribution in [1.29, 1.82) is 0 Å². The monoisotopic (exact) mass is 245 g/mol. The number of nitrogens with one attached hydrogen (secondary N) is 1. The van der Waals surface area contributed by atoms with E-state index in [2.05, 4.69) is 4.72 Å². The lowest BCUT2D eigenvalue weighted by Gasteiger charge is -2.10. The first-order valence-electron chi connectivity index (χ1n) is 5.35. The van der Waals surface area contributed by atoms with Gasteiger partial charge in [-0.1, -0.05) is 48.5 Å². The molecule has 0 aromatic heterocycles. The highest BCUT2D eigenvalue weighted by Crippen LogP contribution is 2.34. The highest BCUT2D eigenvalue weighted by Gasteiger charge is 2.34. The number of hydrogen-bond acceptors (Lipinski definition) is 2. The van der Waals surface area contributed by atoms with E-state index in [1.807, 2.05) is 42.5 Å². The quantitative estimate of drug-likeness (QED) is 0.836. The molecule has 0 saturated carbocycles. The summed E-state index contributed by atoms with van der Waals surface area (Å²) in [7, 11) is -3.35. The van der Waals surface area contributed by atoms with E-state index in [-0.39, 0.29) is 6.04 Å². The minimum atomic E-state index is -3.35. The van der Waals surface area contributed by atoms with E-state index >= 15 is 0 Å². The molecular weight excluding hydrogens is 234 g/mol. The molecule has 1 aliphatic rings. The van der Waals surface area contributed by atoms with Crippen LogP contribution in [0.2, 0.25) is 0 Å². The van der Waals surface area contributed by atoms with Crippen LogP contribution in [0.5, 0.6) is 0 Å². The Labute approximate surface area is 100 Å². The summed E-state index contributed by atoms with van der Waals surface area (Å²) in [6.07, 6.45) is 0. The van der Waals surface area contributed by atoms with Crippen molar-refractivity contribution >= 4 is 10.0 Å². The van der Waals surface area contributed by atoms with Crippen LogP contribution in [-0.2, 0) is 10.0 Å². The second kappa shape index (κ2) is 3.68. The van der Waals surface area contributed by atoms with Gasteiger partial charge in [0.15, 0.2) is 0 Å². The van der Waals surface area contributed by atoms with E-state index < -0.39 is 10.0 Å². The van der Waals surface area contributed by atoms with Gasteiger partial charge < -0.3 is 0 Å². The summed E-state index contributed by atoms with van der Waals surface area (Å²) in [4.78, 5) is 0.383. The highest BCUT2D eigenvalue weighted by atomic mass is 32.2. The fraction of sp³-hybridized carbons (Fsp3) is 0.0769. The van der Waals surface area contributed by atoms with Gasteiger partial charge >= 0.3 is 0 Å². The molecule has 17 heavy (non-hydrogen) atoms. The summed E-state index contributed by atoms with van der Waals surface area (Å²) in [5.74, 6) is 0. The Morgan fingerprint density at radius 2 is 1.53 bits per heavy atom. The van der Waals surface area contributed by atoms with Crippen LogP contribution in [-0.4, -0.2) is 8.42 Å². The Hall–Kier alpha value is -1.65. The maximum atomic E-state index is 11.9. The number of benzene rings is 2. The molecule has 1 heterocycles. The Kier molecular flexibility index (Phi) is 2.28. The van der Waals surface area contributed by atoms with Gasteiger partial charge in [-0.05, 0) is 17.2 Å². The maximum absolute atomic E-state index is 11.9. The standard InChI is InChI=1S/C13H11NO2S/c15-17(16)12-9-5-4-8-11(12)13(14-17)10-6-2-1-3-7-10/h1-9,13-14H/t13-/m1/s1. The van der Waals surface area contributed by atoms with Crippen molar-refractivity contribution in [2.45, 2.75) is 10.9 Å². The number of fused-ring (bicyclic) bond motifs is 1. The third-order valence-corrected chi connectivity index (χ3v) is 4.42. The summed E-state index contributed by atoms with van der Waals surface area (Å²) in [6.45, 7) is 0. The largest absolute Gasteiger partial charge is 0.241 e. The average Bonchev–Trinajstić information content (AvgIpc) is 2.64. The molecule has 0 radical (unpaired) electrons. The second-order valence-corrected chi connectivity index (χ2v) is 5.69. The average molecular weight is 245 g/mol. The predicted octanol–water partition coefficient (Wildman–Crippen LogP) is 2.07. The summed E-state index contributed by atoms with van der Waals surface area (Å²) < 4.78 is 26.5. The van der Waals surface area contributed by atoms with Crippen molar-refractivity contribution in [2.24, 2.45) is 0 Å². The molecule has 4 heteroatoms.